The molecule has 0 aliphatic rings. The summed E-state index contributed by atoms with van der Waals surface area (Å²) in [5.74, 6) is 0. The summed E-state index contributed by atoms with van der Waals surface area (Å²) in [5, 5.41) is 0. The number of aryl methyl sites for hydroxylation is 1. The first kappa shape index (κ1) is 11.2. The SMILES string of the molecule is Cc1ccc([N]=[W]=[N]c2ccccc2)cc1. The maximum atomic E-state index is 4.54. The van der Waals surface area contributed by atoms with E-state index in [1.165, 1.54) is 5.56 Å². The molecule has 0 radical (unpaired) electrons. The van der Waals surface area contributed by atoms with Crippen molar-refractivity contribution in [3.05, 3.63) is 60.2 Å². The molecule has 16 heavy (non-hydrogen) atoms. The molecule has 0 heterocycles. The van der Waals surface area contributed by atoms with Crippen LogP contribution in [0.3, 0.4) is 0 Å². The molecular weight excluding hydrogens is 368 g/mol. The van der Waals surface area contributed by atoms with E-state index in [-0.39, 0.29) is 0 Å². The number of hydrogen-bond donors (Lipinski definition) is 0. The number of rotatable bonds is 2. The summed E-state index contributed by atoms with van der Waals surface area (Å²) in [5.41, 5.74) is 3.36. The van der Waals surface area contributed by atoms with E-state index in [0.29, 0.717) is 0 Å². The second kappa shape index (κ2) is 5.71. The molecule has 0 bridgehead atoms. The average Bonchev–Trinajstić information content (AvgIpc) is 2.33. The van der Waals surface area contributed by atoms with Crippen LogP contribution in [0, 0.1) is 6.92 Å². The molecule has 0 saturated heterocycles. The van der Waals surface area contributed by atoms with Gasteiger partial charge in [0, 0.05) is 0 Å². The second-order valence-corrected chi connectivity index (χ2v) is 5.33. The Morgan fingerprint density at radius 2 is 1.31 bits per heavy atom. The van der Waals surface area contributed by atoms with Crippen LogP contribution in [-0.2, 0) is 18.2 Å². The van der Waals surface area contributed by atoms with E-state index < -0.39 is 18.2 Å². The van der Waals surface area contributed by atoms with Crippen molar-refractivity contribution in [1.29, 1.82) is 0 Å². The van der Waals surface area contributed by atoms with Gasteiger partial charge in [0.25, 0.3) is 0 Å². The summed E-state index contributed by atoms with van der Waals surface area (Å²) in [6, 6.07) is 18.3. The number of nitrogens with zero attached hydrogens (tertiary/aromatic N) is 2. The predicted octanol–water partition coefficient (Wildman–Crippen LogP) is 4.41. The van der Waals surface area contributed by atoms with E-state index in [1.54, 1.807) is 0 Å². The molecule has 0 aromatic heterocycles. The molecule has 0 aliphatic carbocycles. The van der Waals surface area contributed by atoms with E-state index >= 15 is 0 Å². The van der Waals surface area contributed by atoms with E-state index in [0.717, 1.165) is 11.4 Å². The van der Waals surface area contributed by atoms with Crippen LogP contribution in [0.2, 0.25) is 0 Å². The summed E-state index contributed by atoms with van der Waals surface area (Å²) in [6.45, 7) is 2.08. The van der Waals surface area contributed by atoms with Gasteiger partial charge in [-0.15, -0.1) is 0 Å². The van der Waals surface area contributed by atoms with Gasteiger partial charge in [-0.05, 0) is 0 Å². The van der Waals surface area contributed by atoms with Crippen molar-refractivity contribution in [3.63, 3.8) is 0 Å². The molecule has 0 atom stereocenters. The van der Waals surface area contributed by atoms with Gasteiger partial charge < -0.3 is 0 Å². The fourth-order valence-electron chi connectivity index (χ4n) is 1.21. The molecule has 2 aromatic carbocycles. The van der Waals surface area contributed by atoms with Crippen molar-refractivity contribution in [2.24, 2.45) is 6.99 Å². The molecular formula is C13H12N2W. The normalized spacial score (nSPS) is 9.56. The van der Waals surface area contributed by atoms with Crippen LogP contribution in [0.1, 0.15) is 5.56 Å². The molecule has 0 aliphatic heterocycles. The van der Waals surface area contributed by atoms with Gasteiger partial charge in [-0.3, -0.25) is 0 Å². The standard InChI is InChI=1S/C7H7N.C6H5N.W/c1-6-2-4-7(8)5-3-6;7-6-4-2-1-3-5-6;/h2-5H,1H3;1-5H;. The van der Waals surface area contributed by atoms with Gasteiger partial charge in [0.1, 0.15) is 0 Å². The Bertz CT molecular complexity index is 511. The molecule has 2 rings (SSSR count). The van der Waals surface area contributed by atoms with Gasteiger partial charge in [0.05, 0.1) is 0 Å². The topological polar surface area (TPSA) is 24.7 Å². The van der Waals surface area contributed by atoms with Crippen molar-refractivity contribution in [2.75, 3.05) is 0 Å². The van der Waals surface area contributed by atoms with Crippen LogP contribution >= 0.6 is 0 Å². The zero-order chi connectivity index (χ0) is 11.2. The molecule has 2 nitrogen and oxygen atoms in total. The molecule has 3 heteroatoms. The van der Waals surface area contributed by atoms with Gasteiger partial charge in [0.15, 0.2) is 0 Å². The second-order valence-electron chi connectivity index (χ2n) is 3.44. The molecule has 2 aromatic rings. The van der Waals surface area contributed by atoms with E-state index in [9.17, 15) is 0 Å². The van der Waals surface area contributed by atoms with Gasteiger partial charge in [-0.1, -0.05) is 0 Å². The fraction of sp³-hybridized carbons (Fsp3) is 0.0769. The first-order valence-corrected chi connectivity index (χ1v) is 7.67. The van der Waals surface area contributed by atoms with Gasteiger partial charge in [-0.25, -0.2) is 0 Å². The van der Waals surface area contributed by atoms with Crippen molar-refractivity contribution < 1.29 is 18.2 Å². The Kier molecular flexibility index (Phi) is 4.01. The van der Waals surface area contributed by atoms with Crippen LogP contribution < -0.4 is 0 Å². The maximum absolute atomic E-state index is 4.54. The van der Waals surface area contributed by atoms with E-state index in [4.69, 9.17) is 0 Å². The molecule has 0 spiro atoms. The molecule has 0 saturated carbocycles. The third-order valence-corrected chi connectivity index (χ3v) is 4.18. The first-order valence-electron chi connectivity index (χ1n) is 5.04. The van der Waals surface area contributed by atoms with Crippen LogP contribution in [0.25, 0.3) is 0 Å². The number of benzene rings is 2. The van der Waals surface area contributed by atoms with Crippen LogP contribution in [0.5, 0.6) is 0 Å². The quantitative estimate of drug-likeness (QED) is 0.738. The summed E-state index contributed by atoms with van der Waals surface area (Å²) in [4.78, 5) is 0. The predicted molar refractivity (Wildman–Crippen MR) is 61.8 cm³/mol. The zero-order valence-corrected chi connectivity index (χ0v) is 11.9. The summed E-state index contributed by atoms with van der Waals surface area (Å²) in [7, 11) is 0. The molecule has 0 amide bonds. The Hall–Kier alpha value is -1.27. The first-order chi connectivity index (χ1) is 7.84. The third kappa shape index (κ3) is 3.39. The monoisotopic (exact) mass is 380 g/mol. The van der Waals surface area contributed by atoms with Gasteiger partial charge in [0.2, 0.25) is 0 Å². The number of hydrogen-bond acceptors (Lipinski definition) is 2. The molecule has 0 N–H and O–H groups in total. The Morgan fingerprint density at radius 3 is 1.94 bits per heavy atom. The minimum absolute atomic E-state index is 0.993. The van der Waals surface area contributed by atoms with Gasteiger partial charge >= 0.3 is 104 Å². The molecule has 0 unspecified atom stereocenters. The molecule has 80 valence electrons. The van der Waals surface area contributed by atoms with Crippen molar-refractivity contribution >= 4 is 11.4 Å². The minimum atomic E-state index is -0.993. The van der Waals surface area contributed by atoms with E-state index in [2.05, 4.69) is 38.2 Å². The summed E-state index contributed by atoms with van der Waals surface area (Å²) in [6.07, 6.45) is 0. The van der Waals surface area contributed by atoms with Gasteiger partial charge in [-0.2, -0.15) is 0 Å². The Balaban J connectivity index is 2.15. The van der Waals surface area contributed by atoms with E-state index in [1.807, 2.05) is 30.3 Å². The average molecular weight is 380 g/mol. The van der Waals surface area contributed by atoms with Crippen LogP contribution in [-0.4, -0.2) is 0 Å². The molecule has 0 fully saturated rings. The Labute approximate surface area is 104 Å². The van der Waals surface area contributed by atoms with Crippen molar-refractivity contribution in [3.8, 4) is 0 Å². The zero-order valence-electron chi connectivity index (χ0n) is 9.00. The Morgan fingerprint density at radius 1 is 0.750 bits per heavy atom. The summed E-state index contributed by atoms with van der Waals surface area (Å²) >= 11 is -0.993. The van der Waals surface area contributed by atoms with Crippen molar-refractivity contribution in [2.45, 2.75) is 6.92 Å². The fourth-order valence-corrected chi connectivity index (χ4v) is 2.91. The third-order valence-electron chi connectivity index (χ3n) is 2.08. The van der Waals surface area contributed by atoms with Crippen molar-refractivity contribution in [1.82, 2.24) is 0 Å². The summed E-state index contributed by atoms with van der Waals surface area (Å²) < 4.78 is 9.07. The van der Waals surface area contributed by atoms with Crippen LogP contribution in [0.4, 0.5) is 11.4 Å². The van der Waals surface area contributed by atoms with Crippen LogP contribution in [0.15, 0.2) is 61.6 Å².